The van der Waals surface area contributed by atoms with E-state index >= 15 is 0 Å². The lowest BCUT2D eigenvalue weighted by Gasteiger charge is -2.16. The summed E-state index contributed by atoms with van der Waals surface area (Å²) < 4.78 is 1.22. The van der Waals surface area contributed by atoms with Crippen molar-refractivity contribution < 1.29 is 0 Å². The molecule has 0 amide bonds. The smallest absolute Gasteiger partial charge is 0.265 e. The molecule has 1 aromatic heterocycles. The van der Waals surface area contributed by atoms with Crippen molar-refractivity contribution in [2.24, 2.45) is 5.10 Å². The maximum atomic E-state index is 12.7. The number of rotatable bonds is 3. The molecule has 0 spiro atoms. The Morgan fingerprint density at radius 3 is 2.35 bits per heavy atom. The van der Waals surface area contributed by atoms with E-state index in [1.807, 2.05) is 20.8 Å². The second-order valence-electron chi connectivity index (χ2n) is 5.78. The van der Waals surface area contributed by atoms with Crippen LogP contribution in [0.5, 0.6) is 0 Å². The molecule has 0 N–H and O–H groups in total. The van der Waals surface area contributed by atoms with E-state index in [1.165, 1.54) is 22.7 Å². The summed E-state index contributed by atoms with van der Waals surface area (Å²) in [5.74, 6) is 0. The third kappa shape index (κ3) is 3.94. The Morgan fingerprint density at radius 1 is 1.22 bits per heavy atom. The van der Waals surface area contributed by atoms with Gasteiger partial charge in [-0.15, -0.1) is 10.2 Å². The number of thioether (sulfide) groups is 1. The summed E-state index contributed by atoms with van der Waals surface area (Å²) in [5.41, 5.74) is 0.151. The van der Waals surface area contributed by atoms with Crippen molar-refractivity contribution in [2.75, 3.05) is 6.26 Å². The predicted octanol–water partition coefficient (Wildman–Crippen LogP) is 3.85. The van der Waals surface area contributed by atoms with Crippen LogP contribution in [0.4, 0.5) is 0 Å². The molecule has 0 radical (unpaired) electrons. The number of nitrogens with zero attached hydrogens (tertiary/aromatic N) is 4. The number of aromatic nitrogens is 3. The Labute approximate surface area is 148 Å². The fraction of sp³-hybridized carbons (Fsp3) is 0.333. The van der Waals surface area contributed by atoms with Crippen molar-refractivity contribution in [1.82, 2.24) is 14.9 Å². The van der Waals surface area contributed by atoms with E-state index < -0.39 is 5.41 Å². The summed E-state index contributed by atoms with van der Waals surface area (Å²) in [6, 6.07) is 5.16. The highest BCUT2D eigenvalue weighted by molar-refractivity contribution is 7.98. The van der Waals surface area contributed by atoms with Crippen LogP contribution in [0.15, 0.2) is 33.3 Å². The molecular formula is C15H16Cl2N4OS. The normalized spacial score (nSPS) is 12.1. The number of halogens is 2. The zero-order chi connectivity index (χ0) is 17.2. The van der Waals surface area contributed by atoms with Crippen LogP contribution in [0.3, 0.4) is 0 Å². The topological polar surface area (TPSA) is 60.1 Å². The molecule has 0 unspecified atom stereocenters. The second-order valence-corrected chi connectivity index (χ2v) is 7.37. The van der Waals surface area contributed by atoms with Gasteiger partial charge in [-0.25, -0.2) is 0 Å². The molecule has 2 aromatic rings. The summed E-state index contributed by atoms with van der Waals surface area (Å²) in [5, 5.41) is 13.7. The van der Waals surface area contributed by atoms with Crippen LogP contribution in [0, 0.1) is 0 Å². The summed E-state index contributed by atoms with van der Waals surface area (Å²) >= 11 is 13.5. The molecule has 1 heterocycles. The zero-order valence-electron chi connectivity index (χ0n) is 13.2. The second kappa shape index (κ2) is 7.03. The summed E-state index contributed by atoms with van der Waals surface area (Å²) in [7, 11) is 0. The van der Waals surface area contributed by atoms with Crippen molar-refractivity contribution in [3.63, 3.8) is 0 Å². The highest BCUT2D eigenvalue weighted by atomic mass is 35.5. The highest BCUT2D eigenvalue weighted by Gasteiger charge is 2.23. The van der Waals surface area contributed by atoms with Gasteiger partial charge in [0.1, 0.15) is 5.69 Å². The van der Waals surface area contributed by atoms with E-state index in [4.69, 9.17) is 23.2 Å². The van der Waals surface area contributed by atoms with Crippen LogP contribution in [0.25, 0.3) is 0 Å². The zero-order valence-corrected chi connectivity index (χ0v) is 15.5. The molecule has 0 atom stereocenters. The van der Waals surface area contributed by atoms with Crippen LogP contribution < -0.4 is 5.56 Å². The third-order valence-corrected chi connectivity index (χ3v) is 4.29. The molecule has 8 heteroatoms. The molecule has 122 valence electrons. The van der Waals surface area contributed by atoms with E-state index in [1.54, 1.807) is 24.5 Å². The minimum Gasteiger partial charge on any atom is -0.265 e. The number of benzene rings is 1. The van der Waals surface area contributed by atoms with Gasteiger partial charge in [-0.3, -0.25) is 4.79 Å². The molecule has 0 bridgehead atoms. The molecule has 1 aromatic carbocycles. The Hall–Kier alpha value is -1.37. The van der Waals surface area contributed by atoms with Gasteiger partial charge < -0.3 is 0 Å². The van der Waals surface area contributed by atoms with Crippen LogP contribution in [0.2, 0.25) is 10.0 Å². The minimum absolute atomic E-state index is 0.309. The first kappa shape index (κ1) is 18.0. The van der Waals surface area contributed by atoms with Gasteiger partial charge in [0.15, 0.2) is 0 Å². The van der Waals surface area contributed by atoms with E-state index in [-0.39, 0.29) is 5.56 Å². The summed E-state index contributed by atoms with van der Waals surface area (Å²) in [6.07, 6.45) is 3.26. The molecule has 2 rings (SSSR count). The van der Waals surface area contributed by atoms with Crippen molar-refractivity contribution in [1.29, 1.82) is 0 Å². The fourth-order valence-electron chi connectivity index (χ4n) is 1.81. The van der Waals surface area contributed by atoms with Gasteiger partial charge in [0.05, 0.1) is 16.3 Å². The molecule has 0 saturated carbocycles. The van der Waals surface area contributed by atoms with E-state index in [2.05, 4.69) is 15.3 Å². The van der Waals surface area contributed by atoms with E-state index in [9.17, 15) is 4.79 Å². The van der Waals surface area contributed by atoms with E-state index in [0.717, 1.165) is 0 Å². The number of hydrogen-bond donors (Lipinski definition) is 0. The molecule has 5 nitrogen and oxygen atoms in total. The minimum atomic E-state index is -0.430. The largest absolute Gasteiger partial charge is 0.297 e. The predicted molar refractivity (Wildman–Crippen MR) is 96.2 cm³/mol. The van der Waals surface area contributed by atoms with Crippen LogP contribution in [0.1, 0.15) is 32.0 Å². The molecule has 0 aliphatic rings. The lowest BCUT2D eigenvalue weighted by Crippen LogP contribution is -2.32. The first-order chi connectivity index (χ1) is 10.8. The Kier molecular flexibility index (Phi) is 5.49. The highest BCUT2D eigenvalue weighted by Crippen LogP contribution is 2.22. The van der Waals surface area contributed by atoms with Gasteiger partial charge in [-0.2, -0.15) is 9.78 Å². The molecule has 0 aliphatic heterocycles. The lowest BCUT2D eigenvalue weighted by molar-refractivity contribution is 0.510. The maximum absolute atomic E-state index is 12.7. The fourth-order valence-corrected chi connectivity index (χ4v) is 2.74. The van der Waals surface area contributed by atoms with Crippen LogP contribution >= 0.6 is 35.0 Å². The van der Waals surface area contributed by atoms with Crippen molar-refractivity contribution in [3.05, 3.63) is 49.9 Å². The Bertz CT molecular complexity index is 792. The summed E-state index contributed by atoms with van der Waals surface area (Å²) in [4.78, 5) is 12.7. The van der Waals surface area contributed by atoms with Crippen LogP contribution in [-0.4, -0.2) is 27.3 Å². The SMILES string of the molecule is CSc1nnc(C(C)(C)C)c(=O)n1/N=C\c1c(Cl)cccc1Cl. The lowest BCUT2D eigenvalue weighted by atomic mass is 9.93. The average Bonchev–Trinajstić information content (AvgIpc) is 2.46. The molecule has 0 fully saturated rings. The van der Waals surface area contributed by atoms with Crippen molar-refractivity contribution >= 4 is 41.2 Å². The molecule has 0 saturated heterocycles. The Balaban J connectivity index is 2.59. The van der Waals surface area contributed by atoms with Gasteiger partial charge in [-0.1, -0.05) is 61.8 Å². The molecular weight excluding hydrogens is 355 g/mol. The van der Waals surface area contributed by atoms with Crippen molar-refractivity contribution in [3.8, 4) is 0 Å². The average molecular weight is 371 g/mol. The molecule has 23 heavy (non-hydrogen) atoms. The number of hydrogen-bond acceptors (Lipinski definition) is 5. The maximum Gasteiger partial charge on any atom is 0.297 e. The standard InChI is InChI=1S/C15H16Cl2N4OS/c1-15(2,3)12-13(22)21(14(23-4)20-19-12)18-8-9-10(16)6-5-7-11(9)17/h5-8H,1-4H3/b18-8-. The van der Waals surface area contributed by atoms with Gasteiger partial charge in [0.25, 0.3) is 5.56 Å². The van der Waals surface area contributed by atoms with E-state index in [0.29, 0.717) is 26.5 Å². The Morgan fingerprint density at radius 2 is 1.83 bits per heavy atom. The third-order valence-electron chi connectivity index (χ3n) is 3.01. The van der Waals surface area contributed by atoms with Crippen LogP contribution in [-0.2, 0) is 5.41 Å². The van der Waals surface area contributed by atoms with Crippen molar-refractivity contribution in [2.45, 2.75) is 31.3 Å². The van der Waals surface area contributed by atoms with Gasteiger partial charge >= 0.3 is 0 Å². The first-order valence-corrected chi connectivity index (χ1v) is 8.76. The monoisotopic (exact) mass is 370 g/mol. The van der Waals surface area contributed by atoms with Gasteiger partial charge in [0.2, 0.25) is 5.16 Å². The first-order valence-electron chi connectivity index (χ1n) is 6.78. The van der Waals surface area contributed by atoms with Gasteiger partial charge in [-0.05, 0) is 18.4 Å². The summed E-state index contributed by atoms with van der Waals surface area (Å²) in [6.45, 7) is 5.70. The molecule has 0 aliphatic carbocycles. The quantitative estimate of drug-likeness (QED) is 0.608. The van der Waals surface area contributed by atoms with Gasteiger partial charge in [0, 0.05) is 11.0 Å².